The molecule has 3 saturated heterocycles. The molecule has 4 rings (SSSR count). The maximum atomic E-state index is 12.7. The van der Waals surface area contributed by atoms with Crippen LogP contribution in [0.3, 0.4) is 0 Å². The highest BCUT2D eigenvalue weighted by Gasteiger charge is 2.40. The molecule has 154 valence electrons. The van der Waals surface area contributed by atoms with Gasteiger partial charge in [-0.1, -0.05) is 0 Å². The Kier molecular flexibility index (Phi) is 6.34. The molecule has 1 amide bonds. The van der Waals surface area contributed by atoms with Crippen molar-refractivity contribution in [2.75, 3.05) is 59.5 Å². The summed E-state index contributed by atoms with van der Waals surface area (Å²) in [5, 5.41) is 10.2. The van der Waals surface area contributed by atoms with Gasteiger partial charge in [0.1, 0.15) is 0 Å². The molecule has 3 heterocycles. The smallest absolute Gasteiger partial charge is 0.225 e. The molecule has 4 fully saturated rings. The van der Waals surface area contributed by atoms with Gasteiger partial charge in [0.15, 0.2) is 0 Å². The molecule has 0 aromatic rings. The van der Waals surface area contributed by atoms with Gasteiger partial charge < -0.3 is 24.4 Å². The van der Waals surface area contributed by atoms with Crippen molar-refractivity contribution >= 4 is 5.91 Å². The molecule has 0 aromatic carbocycles. The van der Waals surface area contributed by atoms with Crippen molar-refractivity contribution in [3.8, 4) is 0 Å². The molecular weight excluding hydrogens is 346 g/mol. The molecule has 0 spiro atoms. The summed E-state index contributed by atoms with van der Waals surface area (Å²) in [7, 11) is 2.10. The summed E-state index contributed by atoms with van der Waals surface area (Å²) >= 11 is 0. The van der Waals surface area contributed by atoms with Gasteiger partial charge in [-0.2, -0.15) is 0 Å². The molecule has 1 saturated carbocycles. The van der Waals surface area contributed by atoms with Gasteiger partial charge in [-0.25, -0.2) is 0 Å². The van der Waals surface area contributed by atoms with Crippen LogP contribution in [0.25, 0.3) is 0 Å². The van der Waals surface area contributed by atoms with Crippen LogP contribution in [0.2, 0.25) is 0 Å². The van der Waals surface area contributed by atoms with Crippen LogP contribution in [0.5, 0.6) is 0 Å². The first kappa shape index (κ1) is 19.6. The maximum absolute atomic E-state index is 12.7. The number of ether oxygens (including phenoxy) is 2. The zero-order valence-corrected chi connectivity index (χ0v) is 16.6. The van der Waals surface area contributed by atoms with Crippen LogP contribution in [0.4, 0.5) is 0 Å². The number of amides is 1. The second kappa shape index (κ2) is 8.74. The van der Waals surface area contributed by atoms with E-state index < -0.39 is 6.10 Å². The van der Waals surface area contributed by atoms with Crippen molar-refractivity contribution in [2.24, 2.45) is 5.92 Å². The predicted octanol–water partition coefficient (Wildman–Crippen LogP) is 0.170. The van der Waals surface area contributed by atoms with E-state index in [4.69, 9.17) is 9.47 Å². The van der Waals surface area contributed by atoms with Crippen LogP contribution < -0.4 is 0 Å². The minimum absolute atomic E-state index is 0.00543. The van der Waals surface area contributed by atoms with Crippen LogP contribution in [0.15, 0.2) is 0 Å². The summed E-state index contributed by atoms with van der Waals surface area (Å²) in [6, 6.07) is 0.301. The van der Waals surface area contributed by atoms with Gasteiger partial charge in [0.2, 0.25) is 5.91 Å². The minimum Gasteiger partial charge on any atom is -0.389 e. The summed E-state index contributed by atoms with van der Waals surface area (Å²) in [4.78, 5) is 19.4. The van der Waals surface area contributed by atoms with E-state index in [9.17, 15) is 9.90 Å². The summed E-state index contributed by atoms with van der Waals surface area (Å²) in [6.07, 6.45) is 4.63. The van der Waals surface area contributed by atoms with Crippen LogP contribution in [0.1, 0.15) is 32.1 Å². The van der Waals surface area contributed by atoms with E-state index in [2.05, 4.69) is 16.8 Å². The average Bonchev–Trinajstić information content (AvgIpc) is 3.45. The Morgan fingerprint density at radius 2 is 1.85 bits per heavy atom. The Balaban J connectivity index is 1.32. The van der Waals surface area contributed by atoms with Crippen LogP contribution in [-0.4, -0.2) is 110 Å². The van der Waals surface area contributed by atoms with E-state index in [1.165, 1.54) is 12.8 Å². The summed E-state index contributed by atoms with van der Waals surface area (Å²) in [6.45, 7) is 6.18. The summed E-state index contributed by atoms with van der Waals surface area (Å²) in [5.41, 5.74) is 0. The van der Waals surface area contributed by atoms with E-state index >= 15 is 0 Å². The first-order chi connectivity index (χ1) is 13.1. The van der Waals surface area contributed by atoms with Crippen molar-refractivity contribution in [1.82, 2.24) is 14.7 Å². The first-order valence-corrected chi connectivity index (χ1v) is 10.7. The summed E-state index contributed by atoms with van der Waals surface area (Å²) < 4.78 is 12.1. The molecule has 0 aromatic heterocycles. The fourth-order valence-corrected chi connectivity index (χ4v) is 4.67. The van der Waals surface area contributed by atoms with Gasteiger partial charge in [-0.3, -0.25) is 9.69 Å². The number of β-amino-alcohol motifs (C(OH)–C–C–N with tert-alkyl or cyclic N) is 1. The number of fused-ring (bicyclic) bond motifs is 1. The van der Waals surface area contributed by atoms with E-state index in [1.54, 1.807) is 0 Å². The Morgan fingerprint density at radius 3 is 2.59 bits per heavy atom. The average molecular weight is 382 g/mol. The largest absolute Gasteiger partial charge is 0.389 e. The number of piperazine rings is 1. The monoisotopic (exact) mass is 381 g/mol. The lowest BCUT2D eigenvalue weighted by molar-refractivity contribution is -0.161. The first-order valence-electron chi connectivity index (χ1n) is 10.7. The number of rotatable bonds is 4. The minimum atomic E-state index is -0.416. The van der Waals surface area contributed by atoms with Crippen LogP contribution in [0, 0.1) is 5.92 Å². The van der Waals surface area contributed by atoms with E-state index in [1.807, 2.05) is 4.90 Å². The third-order valence-corrected chi connectivity index (χ3v) is 6.54. The number of aliphatic hydroxyl groups excluding tert-OH is 1. The molecule has 4 aliphatic rings. The van der Waals surface area contributed by atoms with Gasteiger partial charge in [0.25, 0.3) is 0 Å². The fourth-order valence-electron chi connectivity index (χ4n) is 4.67. The van der Waals surface area contributed by atoms with Crippen molar-refractivity contribution in [1.29, 1.82) is 0 Å². The number of hydrogen-bond donors (Lipinski definition) is 1. The Labute approximate surface area is 162 Å². The third-order valence-electron chi connectivity index (χ3n) is 6.54. The van der Waals surface area contributed by atoms with Gasteiger partial charge in [-0.05, 0) is 38.6 Å². The Hall–Kier alpha value is -0.730. The molecule has 7 heteroatoms. The van der Waals surface area contributed by atoms with Crippen molar-refractivity contribution in [3.63, 3.8) is 0 Å². The van der Waals surface area contributed by atoms with Gasteiger partial charge in [0, 0.05) is 45.3 Å². The molecule has 0 radical (unpaired) electrons. The zero-order valence-electron chi connectivity index (χ0n) is 16.6. The number of carbonyl (C=O) groups is 1. The normalized spacial score (nSPS) is 36.7. The molecule has 0 bridgehead atoms. The molecule has 1 N–H and O–H groups in total. The molecule has 0 unspecified atom stereocenters. The summed E-state index contributed by atoms with van der Waals surface area (Å²) in [5.74, 6) is 1.01. The number of likely N-dealkylation sites (N-methyl/N-ethyl adjacent to an activating group) is 1. The predicted molar refractivity (Wildman–Crippen MR) is 101 cm³/mol. The van der Waals surface area contributed by atoms with Crippen LogP contribution in [-0.2, 0) is 14.3 Å². The lowest BCUT2D eigenvalue weighted by Gasteiger charge is -2.45. The lowest BCUT2D eigenvalue weighted by atomic mass is 9.94. The van der Waals surface area contributed by atoms with Crippen molar-refractivity contribution < 1.29 is 19.4 Å². The zero-order chi connectivity index (χ0) is 18.8. The van der Waals surface area contributed by atoms with Crippen molar-refractivity contribution in [2.45, 2.75) is 56.5 Å². The SMILES string of the molecule is CN1CCN(C(=O)C[C@@H]2CC[C@H]3[C@@H](COC[C@H](O)CN3CC3CC3)O2)CC1. The lowest BCUT2D eigenvalue weighted by Crippen LogP contribution is -2.56. The van der Waals surface area contributed by atoms with Gasteiger partial charge in [0.05, 0.1) is 37.9 Å². The highest BCUT2D eigenvalue weighted by Crippen LogP contribution is 2.34. The van der Waals surface area contributed by atoms with E-state index in [0.717, 1.165) is 51.5 Å². The number of hydrogen-bond acceptors (Lipinski definition) is 6. The number of nitrogens with zero attached hydrogens (tertiary/aromatic N) is 3. The quantitative estimate of drug-likeness (QED) is 0.749. The second-order valence-electron chi connectivity index (χ2n) is 8.92. The molecule has 3 aliphatic heterocycles. The number of aliphatic hydroxyl groups is 1. The highest BCUT2D eigenvalue weighted by atomic mass is 16.5. The highest BCUT2D eigenvalue weighted by molar-refractivity contribution is 5.76. The molecule has 27 heavy (non-hydrogen) atoms. The molecule has 1 aliphatic carbocycles. The fraction of sp³-hybridized carbons (Fsp3) is 0.950. The molecule has 7 nitrogen and oxygen atoms in total. The van der Waals surface area contributed by atoms with Crippen molar-refractivity contribution in [3.05, 3.63) is 0 Å². The van der Waals surface area contributed by atoms with E-state index in [-0.39, 0.29) is 18.1 Å². The van der Waals surface area contributed by atoms with E-state index in [0.29, 0.717) is 32.2 Å². The van der Waals surface area contributed by atoms with Crippen LogP contribution >= 0.6 is 0 Å². The standard InChI is InChI=1S/C20H35N3O4/c1-21-6-8-22(9-7-21)20(25)10-17-4-5-18-19(27-17)14-26-13-16(24)12-23(18)11-15-2-3-15/h15-19,24H,2-14H2,1H3/t16-,17+,18+,19-/m1/s1. The molecule has 4 atom stereocenters. The second-order valence-corrected chi connectivity index (χ2v) is 8.92. The maximum Gasteiger partial charge on any atom is 0.225 e. The van der Waals surface area contributed by atoms with Gasteiger partial charge in [-0.15, -0.1) is 0 Å². The topological polar surface area (TPSA) is 65.5 Å². The Morgan fingerprint density at radius 1 is 1.07 bits per heavy atom. The third kappa shape index (κ3) is 5.21. The number of carbonyl (C=O) groups excluding carboxylic acids is 1. The molecular formula is C20H35N3O4. The Bertz CT molecular complexity index is 507. The van der Waals surface area contributed by atoms with Gasteiger partial charge >= 0.3 is 0 Å².